The van der Waals surface area contributed by atoms with Crippen LogP contribution in [0.15, 0.2) is 30.5 Å². The van der Waals surface area contributed by atoms with Gasteiger partial charge in [-0.1, -0.05) is 44.5 Å². The van der Waals surface area contributed by atoms with Gasteiger partial charge in [-0.25, -0.2) is 4.98 Å². The fourth-order valence-electron chi connectivity index (χ4n) is 1.89. The second-order valence-electron chi connectivity index (χ2n) is 5.22. The zero-order valence-corrected chi connectivity index (χ0v) is 13.4. The summed E-state index contributed by atoms with van der Waals surface area (Å²) in [5.41, 5.74) is 2.25. The third-order valence-corrected chi connectivity index (χ3v) is 3.37. The number of benzene rings is 1. The zero-order chi connectivity index (χ0) is 15.2. The van der Waals surface area contributed by atoms with Gasteiger partial charge in [0.05, 0.1) is 6.20 Å². The molecule has 0 atom stereocenters. The Balaban J connectivity index is 2.20. The Labute approximate surface area is 131 Å². The molecule has 0 unspecified atom stereocenters. The Kier molecular flexibility index (Phi) is 5.39. The topological polar surface area (TPSA) is 49.8 Å². The molecule has 0 aliphatic heterocycles. The maximum atomic E-state index is 6.17. The lowest BCUT2D eigenvalue weighted by Crippen LogP contribution is -2.06. The van der Waals surface area contributed by atoms with Crippen molar-refractivity contribution in [3.63, 3.8) is 0 Å². The molecule has 112 valence electrons. The number of anilines is 3. The van der Waals surface area contributed by atoms with Crippen molar-refractivity contribution in [1.29, 1.82) is 0 Å². The van der Waals surface area contributed by atoms with Crippen LogP contribution in [0, 0.1) is 0 Å². The van der Waals surface area contributed by atoms with Gasteiger partial charge >= 0.3 is 0 Å². The average molecular weight is 305 g/mol. The van der Waals surface area contributed by atoms with E-state index in [1.165, 1.54) is 5.56 Å². The number of rotatable bonds is 6. The van der Waals surface area contributed by atoms with E-state index in [9.17, 15) is 0 Å². The third-order valence-electron chi connectivity index (χ3n) is 3.09. The van der Waals surface area contributed by atoms with Crippen LogP contribution in [-0.2, 0) is 0 Å². The summed E-state index contributed by atoms with van der Waals surface area (Å²) in [6.45, 7) is 7.27. The lowest BCUT2D eigenvalue weighted by Gasteiger charge is -2.12. The van der Waals surface area contributed by atoms with Crippen LogP contribution in [0.25, 0.3) is 0 Å². The predicted octanol–water partition coefficient (Wildman–Crippen LogP) is 4.82. The molecule has 0 radical (unpaired) electrons. The van der Waals surface area contributed by atoms with Crippen molar-refractivity contribution in [2.45, 2.75) is 33.1 Å². The van der Waals surface area contributed by atoms with E-state index in [1.807, 2.05) is 12.1 Å². The molecule has 0 saturated heterocycles. The second-order valence-corrected chi connectivity index (χ2v) is 5.63. The number of nitrogens with zero attached hydrogens (tertiary/aromatic N) is 2. The van der Waals surface area contributed by atoms with E-state index in [-0.39, 0.29) is 0 Å². The highest BCUT2D eigenvalue weighted by Crippen LogP contribution is 2.25. The van der Waals surface area contributed by atoms with Gasteiger partial charge in [0.15, 0.2) is 5.82 Å². The summed E-state index contributed by atoms with van der Waals surface area (Å²) in [6.07, 6.45) is 2.63. The zero-order valence-electron chi connectivity index (χ0n) is 12.7. The highest BCUT2D eigenvalue weighted by molar-refractivity contribution is 6.32. The minimum atomic E-state index is 0.481. The smallest absolute Gasteiger partial charge is 0.224 e. The molecule has 0 fully saturated rings. The monoisotopic (exact) mass is 304 g/mol. The molecule has 2 aromatic rings. The summed E-state index contributed by atoms with van der Waals surface area (Å²) >= 11 is 6.17. The summed E-state index contributed by atoms with van der Waals surface area (Å²) < 4.78 is 0. The summed E-state index contributed by atoms with van der Waals surface area (Å²) in [5.74, 6) is 1.68. The Bertz CT molecular complexity index is 599. The summed E-state index contributed by atoms with van der Waals surface area (Å²) in [7, 11) is 0. The SMILES string of the molecule is CCCNc1ncc(Cl)c(Nc2cccc(C(C)C)c2)n1. The van der Waals surface area contributed by atoms with E-state index in [1.54, 1.807) is 6.20 Å². The highest BCUT2D eigenvalue weighted by atomic mass is 35.5. The van der Waals surface area contributed by atoms with Crippen LogP contribution in [0.5, 0.6) is 0 Å². The minimum Gasteiger partial charge on any atom is -0.354 e. The van der Waals surface area contributed by atoms with Crippen molar-refractivity contribution in [3.05, 3.63) is 41.0 Å². The van der Waals surface area contributed by atoms with Crippen LogP contribution < -0.4 is 10.6 Å². The molecule has 2 rings (SSSR count). The lowest BCUT2D eigenvalue weighted by atomic mass is 10.0. The quantitative estimate of drug-likeness (QED) is 0.803. The Hall–Kier alpha value is -1.81. The lowest BCUT2D eigenvalue weighted by molar-refractivity contribution is 0.867. The van der Waals surface area contributed by atoms with Gasteiger partial charge in [-0.2, -0.15) is 4.98 Å². The van der Waals surface area contributed by atoms with E-state index < -0.39 is 0 Å². The van der Waals surface area contributed by atoms with Gasteiger partial charge in [0.1, 0.15) is 5.02 Å². The van der Waals surface area contributed by atoms with Crippen molar-refractivity contribution in [3.8, 4) is 0 Å². The van der Waals surface area contributed by atoms with Crippen molar-refractivity contribution in [2.24, 2.45) is 0 Å². The van der Waals surface area contributed by atoms with Crippen LogP contribution in [0.1, 0.15) is 38.7 Å². The molecule has 0 aliphatic carbocycles. The van der Waals surface area contributed by atoms with Gasteiger partial charge in [0, 0.05) is 12.2 Å². The van der Waals surface area contributed by atoms with E-state index in [0.717, 1.165) is 18.7 Å². The fraction of sp³-hybridized carbons (Fsp3) is 0.375. The highest BCUT2D eigenvalue weighted by Gasteiger charge is 2.07. The number of hydrogen-bond acceptors (Lipinski definition) is 4. The molecule has 1 aromatic carbocycles. The molecular weight excluding hydrogens is 284 g/mol. The number of aromatic nitrogens is 2. The van der Waals surface area contributed by atoms with E-state index in [4.69, 9.17) is 11.6 Å². The largest absolute Gasteiger partial charge is 0.354 e. The maximum Gasteiger partial charge on any atom is 0.224 e. The molecule has 0 bridgehead atoms. The maximum absolute atomic E-state index is 6.17. The van der Waals surface area contributed by atoms with Gasteiger partial charge in [0.25, 0.3) is 0 Å². The summed E-state index contributed by atoms with van der Waals surface area (Å²) in [6, 6.07) is 8.26. The fourth-order valence-corrected chi connectivity index (χ4v) is 2.03. The van der Waals surface area contributed by atoms with Crippen molar-refractivity contribution in [2.75, 3.05) is 17.2 Å². The second kappa shape index (κ2) is 7.27. The molecule has 0 amide bonds. The number of nitrogens with one attached hydrogen (secondary N) is 2. The van der Waals surface area contributed by atoms with Gasteiger partial charge in [-0.15, -0.1) is 0 Å². The molecule has 1 heterocycles. The average Bonchev–Trinajstić information content (AvgIpc) is 2.48. The van der Waals surface area contributed by atoms with E-state index in [2.05, 4.69) is 53.5 Å². The molecule has 0 saturated carbocycles. The third kappa shape index (κ3) is 4.33. The Morgan fingerprint density at radius 2 is 2.10 bits per heavy atom. The predicted molar refractivity (Wildman–Crippen MR) is 89.6 cm³/mol. The molecule has 0 aliphatic rings. The van der Waals surface area contributed by atoms with Gasteiger partial charge in [-0.05, 0) is 30.0 Å². The molecule has 5 heteroatoms. The number of halogens is 1. The van der Waals surface area contributed by atoms with Crippen molar-refractivity contribution < 1.29 is 0 Å². The van der Waals surface area contributed by atoms with Crippen molar-refractivity contribution in [1.82, 2.24) is 9.97 Å². The van der Waals surface area contributed by atoms with Crippen LogP contribution in [0.4, 0.5) is 17.5 Å². The first kappa shape index (κ1) is 15.6. The molecule has 4 nitrogen and oxygen atoms in total. The van der Waals surface area contributed by atoms with E-state index in [0.29, 0.717) is 22.7 Å². The molecular formula is C16H21ClN4. The first-order valence-corrected chi connectivity index (χ1v) is 7.61. The number of hydrogen-bond donors (Lipinski definition) is 2. The summed E-state index contributed by atoms with van der Waals surface area (Å²) in [5, 5.41) is 6.92. The van der Waals surface area contributed by atoms with Gasteiger partial charge < -0.3 is 10.6 Å². The van der Waals surface area contributed by atoms with Gasteiger partial charge in [0.2, 0.25) is 5.95 Å². The molecule has 0 spiro atoms. The van der Waals surface area contributed by atoms with Crippen molar-refractivity contribution >= 4 is 29.1 Å². The van der Waals surface area contributed by atoms with Crippen LogP contribution in [0.2, 0.25) is 5.02 Å². The standard InChI is InChI=1S/C16H21ClN4/c1-4-8-18-16-19-10-14(17)15(21-16)20-13-7-5-6-12(9-13)11(2)3/h5-7,9-11H,4,8H2,1-3H3,(H2,18,19,20,21). The van der Waals surface area contributed by atoms with Gasteiger partial charge in [-0.3, -0.25) is 0 Å². The minimum absolute atomic E-state index is 0.481. The summed E-state index contributed by atoms with van der Waals surface area (Å²) in [4.78, 5) is 8.58. The van der Waals surface area contributed by atoms with Crippen LogP contribution in [0.3, 0.4) is 0 Å². The first-order chi connectivity index (χ1) is 10.1. The molecule has 2 N–H and O–H groups in total. The van der Waals surface area contributed by atoms with Crippen LogP contribution in [-0.4, -0.2) is 16.5 Å². The van der Waals surface area contributed by atoms with E-state index >= 15 is 0 Å². The normalized spacial score (nSPS) is 10.7. The molecule has 1 aromatic heterocycles. The Morgan fingerprint density at radius 3 is 2.81 bits per heavy atom. The van der Waals surface area contributed by atoms with Crippen LogP contribution >= 0.6 is 11.6 Å². The first-order valence-electron chi connectivity index (χ1n) is 7.23. The Morgan fingerprint density at radius 1 is 1.29 bits per heavy atom. The molecule has 21 heavy (non-hydrogen) atoms.